The zero-order valence-electron chi connectivity index (χ0n) is 16.1. The second-order valence-corrected chi connectivity index (χ2v) is 7.05. The van der Waals surface area contributed by atoms with Gasteiger partial charge in [-0.15, -0.1) is 0 Å². The summed E-state index contributed by atoms with van der Waals surface area (Å²) in [6.45, 7) is 2.46. The van der Waals surface area contributed by atoms with Crippen LogP contribution in [0.3, 0.4) is 0 Å². The lowest BCUT2D eigenvalue weighted by Gasteiger charge is -2.38. The number of hydrogen-bond acceptors (Lipinski definition) is 4. The number of methoxy groups -OCH3 is 1. The molecule has 1 saturated heterocycles. The molecule has 0 radical (unpaired) electrons. The zero-order chi connectivity index (χ0) is 20.1. The standard InChI is InChI=1S/C22H25NO5/c1-15-8-9-20(27-2)18(12-15)19-13-17(21(24)25)10-11-23(19)22(26)28-14-16-6-4-3-5-7-16/h3-9,12,17,19H,10-11,13-14H2,1-2H3,(H,24,25). The number of ether oxygens (including phenoxy) is 2. The highest BCUT2D eigenvalue weighted by Crippen LogP contribution is 2.39. The molecule has 6 heteroatoms. The largest absolute Gasteiger partial charge is 0.496 e. The third kappa shape index (κ3) is 4.44. The number of aryl methyl sites for hydroxylation is 1. The van der Waals surface area contributed by atoms with E-state index in [9.17, 15) is 14.7 Å². The summed E-state index contributed by atoms with van der Waals surface area (Å²) in [5.41, 5.74) is 2.73. The molecule has 0 spiro atoms. The fraction of sp³-hybridized carbons (Fsp3) is 0.364. The topological polar surface area (TPSA) is 76.1 Å². The van der Waals surface area contributed by atoms with Crippen LogP contribution in [0.25, 0.3) is 0 Å². The van der Waals surface area contributed by atoms with Gasteiger partial charge in [-0.25, -0.2) is 4.79 Å². The number of aliphatic carboxylic acids is 1. The van der Waals surface area contributed by atoms with Crippen molar-refractivity contribution in [3.63, 3.8) is 0 Å². The number of piperidine rings is 1. The van der Waals surface area contributed by atoms with Crippen molar-refractivity contribution in [2.24, 2.45) is 5.92 Å². The van der Waals surface area contributed by atoms with E-state index in [1.54, 1.807) is 12.0 Å². The predicted molar refractivity (Wildman–Crippen MR) is 104 cm³/mol. The Morgan fingerprint density at radius 1 is 1.18 bits per heavy atom. The molecule has 148 valence electrons. The molecule has 3 rings (SSSR count). The van der Waals surface area contributed by atoms with Crippen LogP contribution in [0.5, 0.6) is 5.75 Å². The maximum atomic E-state index is 12.8. The van der Waals surface area contributed by atoms with Gasteiger partial charge in [0, 0.05) is 12.1 Å². The fourth-order valence-electron chi connectivity index (χ4n) is 3.62. The van der Waals surface area contributed by atoms with Crippen molar-refractivity contribution in [1.29, 1.82) is 0 Å². The Hall–Kier alpha value is -3.02. The molecule has 0 saturated carbocycles. The van der Waals surface area contributed by atoms with E-state index < -0.39 is 24.0 Å². The van der Waals surface area contributed by atoms with Gasteiger partial charge in [0.05, 0.1) is 19.1 Å². The summed E-state index contributed by atoms with van der Waals surface area (Å²) in [6, 6.07) is 14.8. The van der Waals surface area contributed by atoms with Gasteiger partial charge < -0.3 is 19.5 Å². The second-order valence-electron chi connectivity index (χ2n) is 7.05. The number of carbonyl (C=O) groups is 2. The number of carboxylic acid groups (broad SMARTS) is 1. The molecule has 1 N–H and O–H groups in total. The number of likely N-dealkylation sites (tertiary alicyclic amines) is 1. The fourth-order valence-corrected chi connectivity index (χ4v) is 3.62. The molecule has 6 nitrogen and oxygen atoms in total. The van der Waals surface area contributed by atoms with E-state index in [-0.39, 0.29) is 6.61 Å². The molecule has 1 aliphatic heterocycles. The van der Waals surface area contributed by atoms with Gasteiger partial charge >= 0.3 is 12.1 Å². The van der Waals surface area contributed by atoms with Crippen LogP contribution in [-0.2, 0) is 16.1 Å². The molecule has 0 aromatic heterocycles. The molecule has 1 amide bonds. The Bertz CT molecular complexity index is 836. The number of carbonyl (C=O) groups excluding carboxylic acids is 1. The van der Waals surface area contributed by atoms with Gasteiger partial charge in [-0.2, -0.15) is 0 Å². The van der Waals surface area contributed by atoms with Crippen LogP contribution >= 0.6 is 0 Å². The van der Waals surface area contributed by atoms with Gasteiger partial charge in [0.2, 0.25) is 0 Å². The van der Waals surface area contributed by atoms with E-state index in [0.717, 1.165) is 16.7 Å². The summed E-state index contributed by atoms with van der Waals surface area (Å²) in [5, 5.41) is 9.49. The number of hydrogen-bond donors (Lipinski definition) is 1. The van der Waals surface area contributed by atoms with E-state index in [4.69, 9.17) is 9.47 Å². The summed E-state index contributed by atoms with van der Waals surface area (Å²) in [6.07, 6.45) is 0.289. The van der Waals surface area contributed by atoms with Crippen molar-refractivity contribution in [3.05, 3.63) is 65.2 Å². The van der Waals surface area contributed by atoms with Gasteiger partial charge in [0.15, 0.2) is 0 Å². The van der Waals surface area contributed by atoms with Crippen LogP contribution in [0.1, 0.15) is 35.6 Å². The molecule has 2 aromatic rings. The molecular formula is C22H25NO5. The summed E-state index contributed by atoms with van der Waals surface area (Å²) < 4.78 is 11.0. The van der Waals surface area contributed by atoms with Gasteiger partial charge in [-0.3, -0.25) is 4.79 Å². The smallest absolute Gasteiger partial charge is 0.410 e. The average molecular weight is 383 g/mol. The Labute approximate surface area is 164 Å². The summed E-state index contributed by atoms with van der Waals surface area (Å²) in [5.74, 6) is -0.704. The average Bonchev–Trinajstić information content (AvgIpc) is 2.72. The molecular weight excluding hydrogens is 358 g/mol. The highest BCUT2D eigenvalue weighted by atomic mass is 16.6. The number of benzene rings is 2. The first-order valence-corrected chi connectivity index (χ1v) is 9.34. The molecule has 2 atom stereocenters. The van der Waals surface area contributed by atoms with Gasteiger partial charge in [-0.1, -0.05) is 48.0 Å². The van der Waals surface area contributed by atoms with Crippen LogP contribution in [-0.4, -0.2) is 35.7 Å². The predicted octanol–water partition coefficient (Wildman–Crippen LogP) is 4.18. The van der Waals surface area contributed by atoms with E-state index in [2.05, 4.69) is 0 Å². The van der Waals surface area contributed by atoms with Crippen molar-refractivity contribution < 1.29 is 24.2 Å². The molecule has 2 aromatic carbocycles. The summed E-state index contributed by atoms with van der Waals surface area (Å²) >= 11 is 0. The third-order valence-electron chi connectivity index (χ3n) is 5.14. The first kappa shape index (κ1) is 19.7. The van der Waals surface area contributed by atoms with Crippen molar-refractivity contribution in [3.8, 4) is 5.75 Å². The van der Waals surface area contributed by atoms with Crippen molar-refractivity contribution in [1.82, 2.24) is 4.90 Å². The Morgan fingerprint density at radius 3 is 2.61 bits per heavy atom. The minimum atomic E-state index is -0.839. The summed E-state index contributed by atoms with van der Waals surface area (Å²) in [7, 11) is 1.57. The van der Waals surface area contributed by atoms with Crippen molar-refractivity contribution >= 4 is 12.1 Å². The van der Waals surface area contributed by atoms with Gasteiger partial charge in [0.25, 0.3) is 0 Å². The minimum Gasteiger partial charge on any atom is -0.496 e. The number of nitrogens with zero attached hydrogens (tertiary/aromatic N) is 1. The quantitative estimate of drug-likeness (QED) is 0.838. The second kappa shape index (κ2) is 8.78. The molecule has 2 unspecified atom stereocenters. The molecule has 0 aliphatic carbocycles. The van der Waals surface area contributed by atoms with E-state index in [0.29, 0.717) is 25.1 Å². The number of rotatable bonds is 5. The maximum absolute atomic E-state index is 12.8. The lowest BCUT2D eigenvalue weighted by atomic mass is 9.86. The normalized spacial score (nSPS) is 19.1. The highest BCUT2D eigenvalue weighted by Gasteiger charge is 2.37. The number of carboxylic acids is 1. The van der Waals surface area contributed by atoms with Gasteiger partial charge in [-0.05, 0) is 31.4 Å². The third-order valence-corrected chi connectivity index (χ3v) is 5.14. The van der Waals surface area contributed by atoms with E-state index in [1.807, 2.05) is 55.5 Å². The molecule has 28 heavy (non-hydrogen) atoms. The van der Waals surface area contributed by atoms with Gasteiger partial charge in [0.1, 0.15) is 12.4 Å². The van der Waals surface area contributed by atoms with Crippen molar-refractivity contribution in [2.45, 2.75) is 32.4 Å². The molecule has 1 aliphatic rings. The Balaban J connectivity index is 1.84. The van der Waals surface area contributed by atoms with Crippen LogP contribution in [0.4, 0.5) is 4.79 Å². The van der Waals surface area contributed by atoms with Crippen molar-refractivity contribution in [2.75, 3.05) is 13.7 Å². The lowest BCUT2D eigenvalue weighted by molar-refractivity contribution is -0.144. The molecule has 1 heterocycles. The maximum Gasteiger partial charge on any atom is 0.410 e. The molecule has 1 fully saturated rings. The SMILES string of the molecule is COc1ccc(C)cc1C1CC(C(=O)O)CCN1C(=O)OCc1ccccc1. The van der Waals surface area contributed by atoms with E-state index >= 15 is 0 Å². The Kier molecular flexibility index (Phi) is 6.19. The monoisotopic (exact) mass is 383 g/mol. The van der Waals surface area contributed by atoms with Crippen LogP contribution in [0.2, 0.25) is 0 Å². The first-order chi connectivity index (χ1) is 13.5. The highest BCUT2D eigenvalue weighted by molar-refractivity contribution is 5.72. The zero-order valence-corrected chi connectivity index (χ0v) is 16.1. The van der Waals surface area contributed by atoms with Crippen LogP contribution in [0, 0.1) is 12.8 Å². The van der Waals surface area contributed by atoms with Crippen LogP contribution in [0.15, 0.2) is 48.5 Å². The van der Waals surface area contributed by atoms with Crippen LogP contribution < -0.4 is 4.74 Å². The summed E-state index contributed by atoms with van der Waals surface area (Å²) in [4.78, 5) is 26.0. The Morgan fingerprint density at radius 2 is 1.93 bits per heavy atom. The lowest BCUT2D eigenvalue weighted by Crippen LogP contribution is -2.43. The number of amides is 1. The minimum absolute atomic E-state index is 0.177. The molecule has 0 bridgehead atoms. The van der Waals surface area contributed by atoms with E-state index in [1.165, 1.54) is 0 Å². The first-order valence-electron chi connectivity index (χ1n) is 9.34.